The molecule has 0 radical (unpaired) electrons. The SMILES string of the molecule is N#Cc1cccc(-c2cccc(-c3nc(-c4ccccc4)nc(-c4ccc(Cl)cc4)n3)c2)c1. The molecular formula is C28H17ClN4. The van der Waals surface area contributed by atoms with Gasteiger partial charge in [-0.15, -0.1) is 0 Å². The zero-order valence-electron chi connectivity index (χ0n) is 17.5. The second-order valence-electron chi connectivity index (χ2n) is 7.45. The maximum Gasteiger partial charge on any atom is 0.164 e. The summed E-state index contributed by atoms with van der Waals surface area (Å²) in [6, 6.07) is 35.0. The van der Waals surface area contributed by atoms with Gasteiger partial charge < -0.3 is 0 Å². The predicted octanol–water partition coefficient (Wildman–Crippen LogP) is 7.06. The molecule has 0 saturated carbocycles. The van der Waals surface area contributed by atoms with Gasteiger partial charge in [-0.3, -0.25) is 0 Å². The topological polar surface area (TPSA) is 62.5 Å². The molecule has 0 bridgehead atoms. The molecule has 4 nitrogen and oxygen atoms in total. The van der Waals surface area contributed by atoms with Crippen molar-refractivity contribution >= 4 is 11.6 Å². The molecule has 0 fully saturated rings. The Bertz CT molecular complexity index is 1470. The number of benzene rings is 4. The fourth-order valence-electron chi connectivity index (χ4n) is 3.56. The Morgan fingerprint density at radius 1 is 0.515 bits per heavy atom. The molecule has 0 spiro atoms. The number of rotatable bonds is 4. The van der Waals surface area contributed by atoms with Crippen molar-refractivity contribution in [2.45, 2.75) is 0 Å². The first-order valence-electron chi connectivity index (χ1n) is 10.4. The van der Waals surface area contributed by atoms with Gasteiger partial charge >= 0.3 is 0 Å². The molecule has 5 heteroatoms. The van der Waals surface area contributed by atoms with Crippen molar-refractivity contribution in [2.24, 2.45) is 0 Å². The molecule has 0 aliphatic heterocycles. The summed E-state index contributed by atoms with van der Waals surface area (Å²) < 4.78 is 0. The summed E-state index contributed by atoms with van der Waals surface area (Å²) in [5.41, 5.74) is 5.21. The highest BCUT2D eigenvalue weighted by atomic mass is 35.5. The van der Waals surface area contributed by atoms with Gasteiger partial charge in [0.25, 0.3) is 0 Å². The third kappa shape index (κ3) is 4.50. The summed E-state index contributed by atoms with van der Waals surface area (Å²) in [4.78, 5) is 14.3. The molecule has 0 unspecified atom stereocenters. The molecular weight excluding hydrogens is 428 g/mol. The largest absolute Gasteiger partial charge is 0.208 e. The maximum atomic E-state index is 9.25. The Morgan fingerprint density at radius 2 is 1.03 bits per heavy atom. The Balaban J connectivity index is 1.65. The number of nitriles is 1. The third-order valence-electron chi connectivity index (χ3n) is 5.22. The quantitative estimate of drug-likeness (QED) is 0.297. The van der Waals surface area contributed by atoms with E-state index >= 15 is 0 Å². The fraction of sp³-hybridized carbons (Fsp3) is 0. The van der Waals surface area contributed by atoms with Crippen molar-refractivity contribution in [3.05, 3.63) is 114 Å². The van der Waals surface area contributed by atoms with Crippen molar-refractivity contribution in [3.63, 3.8) is 0 Å². The van der Waals surface area contributed by atoms with Gasteiger partial charge in [-0.2, -0.15) is 5.26 Å². The average molecular weight is 445 g/mol. The van der Waals surface area contributed by atoms with Crippen LogP contribution in [0.25, 0.3) is 45.3 Å². The van der Waals surface area contributed by atoms with Gasteiger partial charge in [0.2, 0.25) is 0 Å². The summed E-state index contributed by atoms with van der Waals surface area (Å²) in [7, 11) is 0. The minimum absolute atomic E-state index is 0.576. The first-order chi connectivity index (χ1) is 16.2. The summed E-state index contributed by atoms with van der Waals surface area (Å²) in [6.07, 6.45) is 0. The van der Waals surface area contributed by atoms with Crippen molar-refractivity contribution in [1.29, 1.82) is 5.26 Å². The lowest BCUT2D eigenvalue weighted by atomic mass is 10.0. The minimum Gasteiger partial charge on any atom is -0.208 e. The lowest BCUT2D eigenvalue weighted by Gasteiger charge is -2.10. The van der Waals surface area contributed by atoms with Crippen LogP contribution in [0.4, 0.5) is 0 Å². The molecule has 0 aliphatic rings. The van der Waals surface area contributed by atoms with Crippen molar-refractivity contribution in [1.82, 2.24) is 15.0 Å². The Hall–Kier alpha value is -4.33. The van der Waals surface area contributed by atoms with E-state index in [4.69, 9.17) is 26.6 Å². The predicted molar refractivity (Wildman–Crippen MR) is 131 cm³/mol. The van der Waals surface area contributed by atoms with Crippen LogP contribution in [-0.4, -0.2) is 15.0 Å². The van der Waals surface area contributed by atoms with Gasteiger partial charge in [0, 0.05) is 21.7 Å². The lowest BCUT2D eigenvalue weighted by molar-refractivity contribution is 1.07. The van der Waals surface area contributed by atoms with E-state index in [1.807, 2.05) is 97.1 Å². The highest BCUT2D eigenvalue weighted by molar-refractivity contribution is 6.30. The van der Waals surface area contributed by atoms with Crippen LogP contribution in [0.3, 0.4) is 0 Å². The number of aromatic nitrogens is 3. The van der Waals surface area contributed by atoms with E-state index in [0.717, 1.165) is 27.8 Å². The molecule has 0 aliphatic carbocycles. The Morgan fingerprint density at radius 3 is 1.70 bits per heavy atom. The van der Waals surface area contributed by atoms with E-state index in [-0.39, 0.29) is 0 Å². The molecule has 1 aromatic heterocycles. The van der Waals surface area contributed by atoms with Crippen LogP contribution in [0, 0.1) is 11.3 Å². The third-order valence-corrected chi connectivity index (χ3v) is 5.47. The average Bonchev–Trinajstić information content (AvgIpc) is 2.89. The van der Waals surface area contributed by atoms with E-state index in [1.165, 1.54) is 0 Å². The second kappa shape index (κ2) is 9.04. The molecule has 5 aromatic rings. The summed E-state index contributed by atoms with van der Waals surface area (Å²) >= 11 is 6.08. The fourth-order valence-corrected chi connectivity index (χ4v) is 3.68. The van der Waals surface area contributed by atoms with Crippen LogP contribution >= 0.6 is 11.6 Å². The molecule has 0 saturated heterocycles. The maximum absolute atomic E-state index is 9.25. The summed E-state index contributed by atoms with van der Waals surface area (Å²) in [6.45, 7) is 0. The molecule has 1 heterocycles. The van der Waals surface area contributed by atoms with Crippen LogP contribution < -0.4 is 0 Å². The molecule has 33 heavy (non-hydrogen) atoms. The van der Waals surface area contributed by atoms with E-state index in [9.17, 15) is 5.26 Å². The highest BCUT2D eigenvalue weighted by Crippen LogP contribution is 2.28. The molecule has 0 atom stereocenters. The summed E-state index contributed by atoms with van der Waals surface area (Å²) in [5, 5.41) is 9.91. The van der Waals surface area contributed by atoms with Crippen molar-refractivity contribution in [2.75, 3.05) is 0 Å². The van der Waals surface area contributed by atoms with E-state index in [0.29, 0.717) is 28.1 Å². The van der Waals surface area contributed by atoms with E-state index < -0.39 is 0 Å². The van der Waals surface area contributed by atoms with Gasteiger partial charge in [-0.1, -0.05) is 72.3 Å². The number of nitrogens with zero attached hydrogens (tertiary/aromatic N) is 4. The molecule has 5 rings (SSSR count). The normalized spacial score (nSPS) is 10.5. The van der Waals surface area contributed by atoms with Crippen LogP contribution in [0.1, 0.15) is 5.56 Å². The first-order valence-corrected chi connectivity index (χ1v) is 10.8. The Kier molecular flexibility index (Phi) is 5.63. The van der Waals surface area contributed by atoms with Gasteiger partial charge in [0.05, 0.1) is 11.6 Å². The smallest absolute Gasteiger partial charge is 0.164 e. The molecule has 156 valence electrons. The van der Waals surface area contributed by atoms with E-state index in [1.54, 1.807) is 6.07 Å². The monoisotopic (exact) mass is 444 g/mol. The zero-order chi connectivity index (χ0) is 22.6. The van der Waals surface area contributed by atoms with Crippen LogP contribution in [0.2, 0.25) is 5.02 Å². The number of hydrogen-bond acceptors (Lipinski definition) is 4. The lowest BCUT2D eigenvalue weighted by Crippen LogP contribution is -2.00. The minimum atomic E-state index is 0.576. The van der Waals surface area contributed by atoms with Crippen LogP contribution in [0.15, 0.2) is 103 Å². The zero-order valence-corrected chi connectivity index (χ0v) is 18.2. The van der Waals surface area contributed by atoms with Gasteiger partial charge in [-0.05, 0) is 53.6 Å². The van der Waals surface area contributed by atoms with E-state index in [2.05, 4.69) is 6.07 Å². The van der Waals surface area contributed by atoms with Crippen LogP contribution in [0.5, 0.6) is 0 Å². The molecule has 0 amide bonds. The molecule has 0 N–H and O–H groups in total. The van der Waals surface area contributed by atoms with Gasteiger partial charge in [-0.25, -0.2) is 15.0 Å². The van der Waals surface area contributed by atoms with Crippen LogP contribution in [-0.2, 0) is 0 Å². The standard InChI is InChI=1S/C28H17ClN4/c29-25-14-12-21(13-15-25)27-31-26(20-7-2-1-3-8-20)32-28(33-27)24-11-5-10-23(17-24)22-9-4-6-19(16-22)18-30/h1-17H. The second-order valence-corrected chi connectivity index (χ2v) is 7.89. The van der Waals surface area contributed by atoms with Crippen molar-refractivity contribution in [3.8, 4) is 51.4 Å². The highest BCUT2D eigenvalue weighted by Gasteiger charge is 2.13. The van der Waals surface area contributed by atoms with Crippen molar-refractivity contribution < 1.29 is 0 Å². The van der Waals surface area contributed by atoms with Gasteiger partial charge in [0.1, 0.15) is 0 Å². The first kappa shape index (κ1) is 20.6. The number of halogens is 1. The Labute approximate surface area is 196 Å². The van der Waals surface area contributed by atoms with Gasteiger partial charge in [0.15, 0.2) is 17.5 Å². The molecule has 4 aromatic carbocycles. The summed E-state index contributed by atoms with van der Waals surface area (Å²) in [5.74, 6) is 1.75. The number of hydrogen-bond donors (Lipinski definition) is 0.